The van der Waals surface area contributed by atoms with Gasteiger partial charge in [-0.3, -0.25) is 9.59 Å². The van der Waals surface area contributed by atoms with E-state index in [0.717, 1.165) is 21.7 Å². The minimum Gasteiger partial charge on any atom is -0.400 e. The summed E-state index contributed by atoms with van der Waals surface area (Å²) >= 11 is 4.51. The number of pyridine rings is 1. The number of carbonyl (C=O) groups excluding carboxylic acids is 1. The molecule has 1 aromatic rings. The van der Waals surface area contributed by atoms with Crippen LogP contribution in [-0.4, -0.2) is 34.2 Å². The molecule has 0 radical (unpaired) electrons. The largest absolute Gasteiger partial charge is 0.491 e. The summed E-state index contributed by atoms with van der Waals surface area (Å²) in [6.07, 6.45) is 3.32. The van der Waals surface area contributed by atoms with E-state index in [9.17, 15) is 9.59 Å². The zero-order chi connectivity index (χ0) is 18.1. The number of aromatic nitrogens is 1. The fraction of sp³-hybridized carbons (Fsp3) is 0.500. The molecule has 2 heterocycles. The number of H-pyrrole nitrogens is 1. The molecule has 0 atom stereocenters. The molecule has 0 spiro atoms. The maximum absolute atomic E-state index is 12.0. The highest BCUT2D eigenvalue weighted by atomic mass is 79.9. The highest BCUT2D eigenvalue weighted by molar-refractivity contribution is 9.10. The highest BCUT2D eigenvalue weighted by Crippen LogP contribution is 2.39. The summed E-state index contributed by atoms with van der Waals surface area (Å²) in [4.78, 5) is 26.1. The van der Waals surface area contributed by atoms with Crippen LogP contribution in [0.1, 0.15) is 40.2 Å². The number of thioether (sulfide) groups is 1. The van der Waals surface area contributed by atoms with Gasteiger partial charge in [-0.2, -0.15) is 0 Å². The van der Waals surface area contributed by atoms with E-state index in [1.165, 1.54) is 6.92 Å². The molecule has 0 unspecified atom stereocenters. The molecule has 1 aromatic heterocycles. The Kier molecular flexibility index (Phi) is 5.85. The van der Waals surface area contributed by atoms with Crippen molar-refractivity contribution in [3.8, 4) is 0 Å². The normalized spacial score (nSPS) is 19.6. The van der Waals surface area contributed by atoms with Gasteiger partial charge in [0.05, 0.1) is 11.2 Å². The van der Waals surface area contributed by atoms with E-state index in [2.05, 4.69) is 20.9 Å². The molecule has 8 heteroatoms. The number of rotatable bonds is 4. The SMILES string of the molecule is CC(=O)SCC(=Cc1cc(Br)c[nH]c1=O)B1OC(C)(C)C(C)(C)O1. The van der Waals surface area contributed by atoms with E-state index in [-0.39, 0.29) is 10.7 Å². The minimum absolute atomic E-state index is 0.000527. The quantitative estimate of drug-likeness (QED) is 0.765. The maximum Gasteiger partial charge on any atom is 0.491 e. The van der Waals surface area contributed by atoms with Crippen molar-refractivity contribution in [2.75, 3.05) is 5.75 Å². The number of hydrogen-bond acceptors (Lipinski definition) is 5. The van der Waals surface area contributed by atoms with Crippen molar-refractivity contribution in [3.05, 3.63) is 38.1 Å². The fourth-order valence-corrected chi connectivity index (χ4v) is 3.09. The molecule has 5 nitrogen and oxygen atoms in total. The van der Waals surface area contributed by atoms with Crippen LogP contribution in [-0.2, 0) is 14.1 Å². The van der Waals surface area contributed by atoms with E-state index in [4.69, 9.17) is 9.31 Å². The standard InChI is InChI=1S/C16H21BBrNO4S/c1-10(20)24-9-12(6-11-7-13(18)8-19-14(11)21)17-22-15(2,3)16(4,5)23-17/h6-8H,9H2,1-5H3,(H,19,21). The molecule has 0 saturated carbocycles. The van der Waals surface area contributed by atoms with Crippen molar-refractivity contribution in [2.45, 2.75) is 45.8 Å². The van der Waals surface area contributed by atoms with E-state index < -0.39 is 18.3 Å². The van der Waals surface area contributed by atoms with Gasteiger partial charge in [0, 0.05) is 28.9 Å². The second-order valence-electron chi connectivity index (χ2n) is 6.69. The molecule has 24 heavy (non-hydrogen) atoms. The van der Waals surface area contributed by atoms with Crippen molar-refractivity contribution >= 4 is 46.0 Å². The Hall–Kier alpha value is -0.825. The van der Waals surface area contributed by atoms with Gasteiger partial charge < -0.3 is 14.3 Å². The second-order valence-corrected chi connectivity index (χ2v) is 8.76. The van der Waals surface area contributed by atoms with Crippen molar-refractivity contribution in [2.24, 2.45) is 0 Å². The summed E-state index contributed by atoms with van der Waals surface area (Å²) in [6, 6.07) is 1.72. The average Bonchev–Trinajstić information content (AvgIpc) is 2.66. The van der Waals surface area contributed by atoms with Gasteiger partial charge in [-0.25, -0.2) is 0 Å². The first-order valence-corrected chi connectivity index (χ1v) is 9.37. The Morgan fingerprint density at radius 1 is 1.33 bits per heavy atom. The van der Waals surface area contributed by atoms with Gasteiger partial charge in [0.15, 0.2) is 5.12 Å². The Bertz CT molecular complexity index is 713. The third kappa shape index (κ3) is 4.42. The zero-order valence-corrected chi connectivity index (χ0v) is 16.8. The van der Waals surface area contributed by atoms with Crippen LogP contribution in [0.25, 0.3) is 6.08 Å². The minimum atomic E-state index is -0.597. The molecular weight excluding hydrogens is 393 g/mol. The molecule has 0 aromatic carbocycles. The Morgan fingerprint density at radius 3 is 2.46 bits per heavy atom. The van der Waals surface area contributed by atoms with Crippen LogP contribution in [0.4, 0.5) is 0 Å². The summed E-state index contributed by atoms with van der Waals surface area (Å²) in [5, 5.41) is 0.000527. The van der Waals surface area contributed by atoms with Gasteiger partial charge in [-0.1, -0.05) is 17.8 Å². The van der Waals surface area contributed by atoms with Crippen LogP contribution in [0.3, 0.4) is 0 Å². The molecule has 1 aliphatic heterocycles. The van der Waals surface area contributed by atoms with E-state index >= 15 is 0 Å². The zero-order valence-electron chi connectivity index (χ0n) is 14.4. The summed E-state index contributed by atoms with van der Waals surface area (Å²) in [7, 11) is -0.597. The Labute approximate surface area is 154 Å². The maximum atomic E-state index is 12.0. The van der Waals surface area contributed by atoms with Gasteiger partial charge >= 0.3 is 7.12 Å². The first-order valence-electron chi connectivity index (χ1n) is 7.59. The Balaban J connectivity index is 2.39. The molecule has 130 valence electrons. The fourth-order valence-electron chi connectivity index (χ4n) is 2.14. The monoisotopic (exact) mass is 413 g/mol. The van der Waals surface area contributed by atoms with E-state index in [1.807, 2.05) is 27.7 Å². The summed E-state index contributed by atoms with van der Waals surface area (Å²) in [5.41, 5.74) is 0.0543. The number of halogens is 1. The van der Waals surface area contributed by atoms with Gasteiger partial charge in [-0.05, 0) is 55.2 Å². The predicted octanol–water partition coefficient (Wildman–Crippen LogP) is 3.43. The van der Waals surface area contributed by atoms with E-state index in [1.54, 1.807) is 18.3 Å². The molecule has 2 rings (SSSR count). The molecule has 0 aliphatic carbocycles. The predicted molar refractivity (Wildman–Crippen MR) is 102 cm³/mol. The molecule has 0 amide bonds. The lowest BCUT2D eigenvalue weighted by Crippen LogP contribution is -2.41. The third-order valence-electron chi connectivity index (χ3n) is 4.24. The Morgan fingerprint density at radius 2 is 1.92 bits per heavy atom. The van der Waals surface area contributed by atoms with E-state index in [0.29, 0.717) is 11.3 Å². The molecule has 1 saturated heterocycles. The topological polar surface area (TPSA) is 68.4 Å². The van der Waals surface area contributed by atoms with Crippen molar-refractivity contribution in [3.63, 3.8) is 0 Å². The first kappa shape index (κ1) is 19.5. The second kappa shape index (κ2) is 7.19. The van der Waals surface area contributed by atoms with Crippen molar-refractivity contribution < 1.29 is 14.1 Å². The smallest absolute Gasteiger partial charge is 0.400 e. The van der Waals surface area contributed by atoms with Gasteiger partial charge in [0.25, 0.3) is 5.56 Å². The number of aromatic amines is 1. The first-order chi connectivity index (χ1) is 11.0. The van der Waals surface area contributed by atoms with Crippen LogP contribution in [0.2, 0.25) is 0 Å². The third-order valence-corrected chi connectivity index (χ3v) is 5.58. The molecule has 1 aliphatic rings. The summed E-state index contributed by atoms with van der Waals surface area (Å²) in [5.74, 6) is 0.401. The summed E-state index contributed by atoms with van der Waals surface area (Å²) in [6.45, 7) is 9.38. The van der Waals surface area contributed by atoms with Crippen LogP contribution in [0.5, 0.6) is 0 Å². The lowest BCUT2D eigenvalue weighted by atomic mass is 9.78. The van der Waals surface area contributed by atoms with Crippen LogP contribution < -0.4 is 5.56 Å². The van der Waals surface area contributed by atoms with Crippen LogP contribution in [0.15, 0.2) is 27.0 Å². The lowest BCUT2D eigenvalue weighted by Gasteiger charge is -2.32. The lowest BCUT2D eigenvalue weighted by molar-refractivity contribution is -0.109. The van der Waals surface area contributed by atoms with Crippen molar-refractivity contribution in [1.82, 2.24) is 4.98 Å². The van der Waals surface area contributed by atoms with Gasteiger partial charge in [-0.15, -0.1) is 0 Å². The highest BCUT2D eigenvalue weighted by Gasteiger charge is 2.52. The molecule has 1 fully saturated rings. The molecule has 1 N–H and O–H groups in total. The number of nitrogens with one attached hydrogen (secondary N) is 1. The van der Waals surface area contributed by atoms with Crippen LogP contribution >= 0.6 is 27.7 Å². The molecule has 0 bridgehead atoms. The number of carbonyl (C=O) groups is 1. The van der Waals surface area contributed by atoms with Gasteiger partial charge in [0.2, 0.25) is 0 Å². The van der Waals surface area contributed by atoms with Crippen LogP contribution in [0, 0.1) is 0 Å². The number of hydrogen-bond donors (Lipinski definition) is 1. The van der Waals surface area contributed by atoms with Gasteiger partial charge in [0.1, 0.15) is 0 Å². The average molecular weight is 414 g/mol. The summed E-state index contributed by atoms with van der Waals surface area (Å²) < 4.78 is 12.9. The van der Waals surface area contributed by atoms with Crippen molar-refractivity contribution in [1.29, 1.82) is 0 Å². The molecular formula is C16H21BBrNO4S.